The summed E-state index contributed by atoms with van der Waals surface area (Å²) in [6, 6.07) is 11.5. The maximum Gasteiger partial charge on any atom is 0.194 e. The van der Waals surface area contributed by atoms with Gasteiger partial charge in [-0.1, -0.05) is 12.1 Å². The summed E-state index contributed by atoms with van der Waals surface area (Å²) >= 11 is 0. The third kappa shape index (κ3) is 4.40. The van der Waals surface area contributed by atoms with Crippen molar-refractivity contribution in [2.75, 3.05) is 36.5 Å². The van der Waals surface area contributed by atoms with E-state index in [0.29, 0.717) is 18.3 Å². The van der Waals surface area contributed by atoms with Crippen molar-refractivity contribution < 1.29 is 4.74 Å². The zero-order valence-electron chi connectivity index (χ0n) is 12.9. The molecule has 120 valence electrons. The van der Waals surface area contributed by atoms with Gasteiger partial charge in [0.1, 0.15) is 11.6 Å². The lowest BCUT2D eigenvalue weighted by atomic mass is 10.3. The van der Waals surface area contributed by atoms with Gasteiger partial charge >= 0.3 is 0 Å². The third-order valence-corrected chi connectivity index (χ3v) is 3.46. The molecule has 0 bridgehead atoms. The number of anilines is 2. The first-order valence-corrected chi connectivity index (χ1v) is 7.58. The number of aromatic nitrogens is 2. The Morgan fingerprint density at radius 3 is 2.87 bits per heavy atom. The zero-order chi connectivity index (χ0) is 15.9. The van der Waals surface area contributed by atoms with Crippen molar-refractivity contribution in [3.8, 4) is 0 Å². The fourth-order valence-corrected chi connectivity index (χ4v) is 2.30. The smallest absolute Gasteiger partial charge is 0.194 e. The van der Waals surface area contributed by atoms with Crippen LogP contribution in [0.25, 0.3) is 0 Å². The highest BCUT2D eigenvalue weighted by molar-refractivity contribution is 5.91. The van der Waals surface area contributed by atoms with Gasteiger partial charge < -0.3 is 20.7 Å². The van der Waals surface area contributed by atoms with Crippen molar-refractivity contribution in [2.24, 2.45) is 10.7 Å². The van der Waals surface area contributed by atoms with Crippen LogP contribution in [0.15, 0.2) is 47.6 Å². The van der Waals surface area contributed by atoms with Crippen LogP contribution in [-0.2, 0) is 11.3 Å². The van der Waals surface area contributed by atoms with E-state index in [2.05, 4.69) is 25.2 Å². The number of hydrogen-bond donors (Lipinski definition) is 2. The Kier molecular flexibility index (Phi) is 5.00. The number of rotatable bonds is 4. The number of guanidine groups is 1. The maximum absolute atomic E-state index is 5.88. The molecule has 23 heavy (non-hydrogen) atoms. The molecule has 0 unspecified atom stereocenters. The Morgan fingerprint density at radius 2 is 2.09 bits per heavy atom. The van der Waals surface area contributed by atoms with Crippen LogP contribution in [0.1, 0.15) is 5.69 Å². The quantitative estimate of drug-likeness (QED) is 0.652. The van der Waals surface area contributed by atoms with Gasteiger partial charge in [0.25, 0.3) is 0 Å². The highest BCUT2D eigenvalue weighted by atomic mass is 16.5. The highest BCUT2D eigenvalue weighted by Crippen LogP contribution is 2.13. The van der Waals surface area contributed by atoms with Crippen molar-refractivity contribution in [3.63, 3.8) is 0 Å². The van der Waals surface area contributed by atoms with Crippen LogP contribution in [0.3, 0.4) is 0 Å². The van der Waals surface area contributed by atoms with Crippen LogP contribution >= 0.6 is 0 Å². The molecule has 1 aliphatic rings. The van der Waals surface area contributed by atoms with Crippen LogP contribution in [0.5, 0.6) is 0 Å². The summed E-state index contributed by atoms with van der Waals surface area (Å²) in [5.41, 5.74) is 6.75. The van der Waals surface area contributed by atoms with E-state index < -0.39 is 0 Å². The maximum atomic E-state index is 5.88. The van der Waals surface area contributed by atoms with E-state index in [-0.39, 0.29) is 0 Å². The number of hydrogen-bond acceptors (Lipinski definition) is 5. The molecule has 2 aromatic heterocycles. The van der Waals surface area contributed by atoms with Crippen molar-refractivity contribution in [3.05, 3.63) is 48.3 Å². The average molecular weight is 312 g/mol. The second-order valence-electron chi connectivity index (χ2n) is 5.13. The molecule has 0 aromatic carbocycles. The molecule has 1 aliphatic heterocycles. The Morgan fingerprint density at radius 1 is 1.22 bits per heavy atom. The summed E-state index contributed by atoms with van der Waals surface area (Å²) in [6.07, 6.45) is 1.70. The fraction of sp³-hybridized carbons (Fsp3) is 0.312. The molecule has 0 amide bonds. The summed E-state index contributed by atoms with van der Waals surface area (Å²) in [6.45, 7) is 3.63. The molecule has 7 heteroatoms. The van der Waals surface area contributed by atoms with Crippen molar-refractivity contribution in [1.82, 2.24) is 9.97 Å². The molecule has 3 rings (SSSR count). The number of aliphatic imine (C=N–C) groups is 1. The molecule has 0 atom stereocenters. The summed E-state index contributed by atoms with van der Waals surface area (Å²) in [5, 5.41) is 2.95. The van der Waals surface area contributed by atoms with E-state index in [0.717, 1.165) is 37.8 Å². The van der Waals surface area contributed by atoms with E-state index in [1.807, 2.05) is 36.4 Å². The number of nitrogens with one attached hydrogen (secondary N) is 1. The van der Waals surface area contributed by atoms with E-state index in [1.165, 1.54) is 0 Å². The van der Waals surface area contributed by atoms with Crippen molar-refractivity contribution in [2.45, 2.75) is 6.54 Å². The molecule has 0 saturated carbocycles. The minimum absolute atomic E-state index is 0.322. The van der Waals surface area contributed by atoms with Gasteiger partial charge in [0.05, 0.1) is 25.5 Å². The minimum atomic E-state index is 0.322. The predicted octanol–water partition coefficient (Wildman–Crippen LogP) is 1.24. The van der Waals surface area contributed by atoms with Gasteiger partial charge in [0.2, 0.25) is 0 Å². The molecule has 2 aromatic rings. The predicted molar refractivity (Wildman–Crippen MR) is 90.5 cm³/mol. The lowest BCUT2D eigenvalue weighted by Gasteiger charge is -2.27. The van der Waals surface area contributed by atoms with Gasteiger partial charge in [0, 0.05) is 19.3 Å². The highest BCUT2D eigenvalue weighted by Gasteiger charge is 2.12. The standard InChI is InChI=1S/C16H20N6O/c17-16(21-14-5-1-2-7-18-14)19-12-13-4-3-6-15(20-13)22-8-10-23-11-9-22/h1-7H,8-12H2,(H3,17,18,19,21). The van der Waals surface area contributed by atoms with Gasteiger partial charge in [-0.05, 0) is 24.3 Å². The lowest BCUT2D eigenvalue weighted by Crippen LogP contribution is -2.36. The monoisotopic (exact) mass is 312 g/mol. The van der Waals surface area contributed by atoms with Crippen LogP contribution in [0.4, 0.5) is 11.6 Å². The van der Waals surface area contributed by atoms with Crippen LogP contribution in [-0.4, -0.2) is 42.2 Å². The van der Waals surface area contributed by atoms with Crippen molar-refractivity contribution >= 4 is 17.6 Å². The Labute approximate surface area is 135 Å². The number of pyridine rings is 2. The number of nitrogens with zero attached hydrogens (tertiary/aromatic N) is 4. The second-order valence-corrected chi connectivity index (χ2v) is 5.13. The Hall–Kier alpha value is -2.67. The molecule has 0 aliphatic carbocycles. The van der Waals surface area contributed by atoms with Gasteiger partial charge in [-0.15, -0.1) is 0 Å². The summed E-state index contributed by atoms with van der Waals surface area (Å²) in [7, 11) is 0. The molecule has 1 saturated heterocycles. The first kappa shape index (κ1) is 15.2. The SMILES string of the molecule is NC(=NCc1cccc(N2CCOCC2)n1)Nc1ccccn1. The molecular weight excluding hydrogens is 292 g/mol. The van der Waals surface area contributed by atoms with E-state index in [1.54, 1.807) is 6.20 Å². The average Bonchev–Trinajstić information content (AvgIpc) is 2.62. The van der Waals surface area contributed by atoms with E-state index in [9.17, 15) is 0 Å². The lowest BCUT2D eigenvalue weighted by molar-refractivity contribution is 0.122. The molecule has 3 heterocycles. The van der Waals surface area contributed by atoms with Gasteiger partial charge in [-0.25, -0.2) is 15.0 Å². The first-order valence-electron chi connectivity index (χ1n) is 7.58. The van der Waals surface area contributed by atoms with Crippen LogP contribution in [0, 0.1) is 0 Å². The third-order valence-electron chi connectivity index (χ3n) is 3.46. The van der Waals surface area contributed by atoms with Gasteiger partial charge in [0.15, 0.2) is 5.96 Å². The van der Waals surface area contributed by atoms with E-state index in [4.69, 9.17) is 10.5 Å². The molecular formula is C16H20N6O. The minimum Gasteiger partial charge on any atom is -0.378 e. The fourth-order valence-electron chi connectivity index (χ4n) is 2.30. The van der Waals surface area contributed by atoms with Crippen LogP contribution in [0.2, 0.25) is 0 Å². The number of morpholine rings is 1. The van der Waals surface area contributed by atoms with Crippen LogP contribution < -0.4 is 16.0 Å². The van der Waals surface area contributed by atoms with Gasteiger partial charge in [-0.3, -0.25) is 0 Å². The topological polar surface area (TPSA) is 88.7 Å². The molecule has 1 fully saturated rings. The Bertz CT molecular complexity index is 655. The number of nitrogens with two attached hydrogens (primary N) is 1. The summed E-state index contributed by atoms with van der Waals surface area (Å²) < 4.78 is 5.36. The van der Waals surface area contributed by atoms with E-state index >= 15 is 0 Å². The summed E-state index contributed by atoms with van der Waals surface area (Å²) in [4.78, 5) is 15.3. The summed E-state index contributed by atoms with van der Waals surface area (Å²) in [5.74, 6) is 1.95. The molecule has 0 spiro atoms. The Balaban J connectivity index is 1.62. The molecule has 0 radical (unpaired) electrons. The van der Waals surface area contributed by atoms with Crippen molar-refractivity contribution in [1.29, 1.82) is 0 Å². The second kappa shape index (κ2) is 7.55. The van der Waals surface area contributed by atoms with Gasteiger partial charge in [-0.2, -0.15) is 0 Å². The zero-order valence-corrected chi connectivity index (χ0v) is 12.9. The number of ether oxygens (including phenoxy) is 1. The molecule has 3 N–H and O–H groups in total. The largest absolute Gasteiger partial charge is 0.378 e. The first-order chi connectivity index (χ1) is 11.3. The molecule has 7 nitrogen and oxygen atoms in total. The normalized spacial score (nSPS) is 15.5.